The zero-order valence-electron chi connectivity index (χ0n) is 15.5. The van der Waals surface area contributed by atoms with Crippen LogP contribution in [0.3, 0.4) is 0 Å². The molecule has 0 aliphatic rings. The number of nitriles is 1. The van der Waals surface area contributed by atoms with E-state index in [1.54, 1.807) is 6.92 Å². The smallest absolute Gasteiger partial charge is 0.258 e. The molecule has 0 fully saturated rings. The molecule has 0 aliphatic heterocycles. The third-order valence-corrected chi connectivity index (χ3v) is 4.25. The van der Waals surface area contributed by atoms with Gasteiger partial charge in [0.05, 0.1) is 0 Å². The number of nitrogens with one attached hydrogen (secondary N) is 1. The van der Waals surface area contributed by atoms with Crippen molar-refractivity contribution in [1.29, 1.82) is 5.26 Å². The molecule has 5 heteroatoms. The summed E-state index contributed by atoms with van der Waals surface area (Å²) in [6, 6.07) is 8.83. The predicted octanol–water partition coefficient (Wildman–Crippen LogP) is 3.26. The molecule has 2 amide bonds. The molecule has 1 N–H and O–H groups in total. The van der Waals surface area contributed by atoms with Gasteiger partial charge >= 0.3 is 0 Å². The highest BCUT2D eigenvalue weighted by atomic mass is 16.2. The molecule has 0 saturated carbocycles. The molecule has 0 aromatic heterocycles. The number of amides is 2. The molecule has 0 saturated heterocycles. The van der Waals surface area contributed by atoms with Gasteiger partial charge < -0.3 is 5.32 Å². The Morgan fingerprint density at radius 1 is 1.12 bits per heavy atom. The molecule has 0 aliphatic carbocycles. The van der Waals surface area contributed by atoms with E-state index in [4.69, 9.17) is 5.26 Å². The van der Waals surface area contributed by atoms with Crippen molar-refractivity contribution in [3.8, 4) is 6.19 Å². The van der Waals surface area contributed by atoms with Crippen molar-refractivity contribution in [3.05, 3.63) is 35.9 Å². The molecule has 0 radical (unpaired) electrons. The van der Waals surface area contributed by atoms with Gasteiger partial charge in [0, 0.05) is 18.9 Å². The highest BCUT2D eigenvalue weighted by Crippen LogP contribution is 2.15. The third kappa shape index (κ3) is 6.58. The van der Waals surface area contributed by atoms with Crippen molar-refractivity contribution in [2.24, 2.45) is 5.92 Å². The molecule has 0 bridgehead atoms. The minimum absolute atomic E-state index is 0.0850. The molecule has 136 valence electrons. The number of rotatable bonds is 10. The fraction of sp³-hybridized carbons (Fsp3) is 0.550. The highest BCUT2D eigenvalue weighted by Gasteiger charge is 2.28. The standard InChI is InChI=1S/C20H29N3O2/c1-4-10-17(11-5-2)19(24)22-18(20(25)23(6-3)15-21)14-16-12-8-7-9-13-16/h7-9,12-13,17-18H,4-6,10-11,14H2,1-3H3,(H,22,24). The lowest BCUT2D eigenvalue weighted by Crippen LogP contribution is -2.50. The van der Waals surface area contributed by atoms with Crippen molar-refractivity contribution in [2.45, 2.75) is 58.9 Å². The first-order chi connectivity index (χ1) is 12.1. The molecule has 0 spiro atoms. The number of nitrogens with zero attached hydrogens (tertiary/aromatic N) is 2. The van der Waals surface area contributed by atoms with Gasteiger partial charge in [-0.05, 0) is 25.3 Å². The Kier molecular flexibility index (Phi) is 9.31. The average molecular weight is 343 g/mol. The fourth-order valence-electron chi connectivity index (χ4n) is 2.91. The number of carbonyl (C=O) groups is 2. The van der Waals surface area contributed by atoms with E-state index in [0.717, 1.165) is 36.1 Å². The monoisotopic (exact) mass is 343 g/mol. The van der Waals surface area contributed by atoms with Crippen LogP contribution in [0.25, 0.3) is 0 Å². The maximum Gasteiger partial charge on any atom is 0.258 e. The van der Waals surface area contributed by atoms with Crippen LogP contribution in [-0.2, 0) is 16.0 Å². The highest BCUT2D eigenvalue weighted by molar-refractivity contribution is 5.89. The first-order valence-electron chi connectivity index (χ1n) is 9.12. The van der Waals surface area contributed by atoms with Crippen LogP contribution >= 0.6 is 0 Å². The van der Waals surface area contributed by atoms with Gasteiger partial charge in [0.15, 0.2) is 6.19 Å². The summed E-state index contributed by atoms with van der Waals surface area (Å²) >= 11 is 0. The van der Waals surface area contributed by atoms with Crippen LogP contribution in [0.15, 0.2) is 30.3 Å². The summed E-state index contributed by atoms with van der Waals surface area (Å²) in [6.45, 7) is 6.15. The van der Waals surface area contributed by atoms with Crippen molar-refractivity contribution in [2.75, 3.05) is 6.54 Å². The fourth-order valence-corrected chi connectivity index (χ4v) is 2.91. The van der Waals surface area contributed by atoms with Crippen LogP contribution in [0.5, 0.6) is 0 Å². The number of carbonyl (C=O) groups excluding carboxylic acids is 2. The summed E-state index contributed by atoms with van der Waals surface area (Å²) in [6.07, 6.45) is 5.75. The van der Waals surface area contributed by atoms with E-state index in [-0.39, 0.29) is 17.7 Å². The normalized spacial score (nSPS) is 11.6. The van der Waals surface area contributed by atoms with Gasteiger partial charge in [-0.1, -0.05) is 57.0 Å². The zero-order chi connectivity index (χ0) is 18.7. The molecule has 1 atom stereocenters. The van der Waals surface area contributed by atoms with Crippen LogP contribution in [0.2, 0.25) is 0 Å². The summed E-state index contributed by atoms with van der Waals surface area (Å²) < 4.78 is 0. The van der Waals surface area contributed by atoms with Gasteiger partial charge in [0.2, 0.25) is 5.91 Å². The van der Waals surface area contributed by atoms with Crippen LogP contribution in [0.1, 0.15) is 52.0 Å². The summed E-state index contributed by atoms with van der Waals surface area (Å²) in [5.41, 5.74) is 0.956. The van der Waals surface area contributed by atoms with Gasteiger partial charge in [-0.15, -0.1) is 0 Å². The molecule has 25 heavy (non-hydrogen) atoms. The maximum atomic E-state index is 12.7. The van der Waals surface area contributed by atoms with Crippen molar-refractivity contribution in [1.82, 2.24) is 10.2 Å². The first-order valence-corrected chi connectivity index (χ1v) is 9.12. The van der Waals surface area contributed by atoms with Crippen LogP contribution in [-0.4, -0.2) is 29.3 Å². The number of hydrogen-bond donors (Lipinski definition) is 1. The van der Waals surface area contributed by atoms with E-state index in [2.05, 4.69) is 19.2 Å². The van der Waals surface area contributed by atoms with E-state index in [1.165, 1.54) is 0 Å². The van der Waals surface area contributed by atoms with E-state index < -0.39 is 6.04 Å². The Morgan fingerprint density at radius 3 is 2.20 bits per heavy atom. The van der Waals surface area contributed by atoms with Crippen LogP contribution in [0, 0.1) is 17.4 Å². The Morgan fingerprint density at radius 2 is 1.72 bits per heavy atom. The number of likely N-dealkylation sites (N-methyl/N-ethyl adjacent to an activating group) is 1. The first kappa shape index (κ1) is 20.7. The molecule has 1 aromatic carbocycles. The predicted molar refractivity (Wildman–Crippen MR) is 98.4 cm³/mol. The molecular weight excluding hydrogens is 314 g/mol. The minimum atomic E-state index is -0.717. The van der Waals surface area contributed by atoms with Gasteiger partial charge in [-0.25, -0.2) is 4.90 Å². The van der Waals surface area contributed by atoms with Gasteiger partial charge in [0.25, 0.3) is 5.91 Å². The number of hydrogen-bond acceptors (Lipinski definition) is 3. The molecule has 0 heterocycles. The lowest BCUT2D eigenvalue weighted by molar-refractivity contribution is -0.135. The van der Waals surface area contributed by atoms with Gasteiger partial charge in [-0.2, -0.15) is 5.26 Å². The second-order valence-corrected chi connectivity index (χ2v) is 6.21. The quantitative estimate of drug-likeness (QED) is 0.523. The Hall–Kier alpha value is -2.35. The van der Waals surface area contributed by atoms with E-state index in [1.807, 2.05) is 36.5 Å². The molecule has 1 unspecified atom stereocenters. The van der Waals surface area contributed by atoms with E-state index in [9.17, 15) is 9.59 Å². The van der Waals surface area contributed by atoms with Crippen LogP contribution in [0.4, 0.5) is 0 Å². The summed E-state index contributed by atoms with van der Waals surface area (Å²) in [5.74, 6) is -0.529. The summed E-state index contributed by atoms with van der Waals surface area (Å²) in [7, 11) is 0. The zero-order valence-corrected chi connectivity index (χ0v) is 15.5. The average Bonchev–Trinajstić information content (AvgIpc) is 2.62. The lowest BCUT2D eigenvalue weighted by Gasteiger charge is -2.24. The molecule has 1 rings (SSSR count). The van der Waals surface area contributed by atoms with Crippen molar-refractivity contribution in [3.63, 3.8) is 0 Å². The summed E-state index contributed by atoms with van der Waals surface area (Å²) in [4.78, 5) is 26.4. The second kappa shape index (κ2) is 11.2. The maximum absolute atomic E-state index is 12.7. The van der Waals surface area contributed by atoms with E-state index in [0.29, 0.717) is 13.0 Å². The lowest BCUT2D eigenvalue weighted by atomic mass is 9.96. The van der Waals surface area contributed by atoms with Gasteiger partial charge in [-0.3, -0.25) is 9.59 Å². The SMILES string of the molecule is CCCC(CCC)C(=O)NC(Cc1ccccc1)C(=O)N(C#N)CC. The molecule has 1 aromatic rings. The minimum Gasteiger partial charge on any atom is -0.344 e. The van der Waals surface area contributed by atoms with Crippen LogP contribution < -0.4 is 5.32 Å². The topological polar surface area (TPSA) is 73.2 Å². The molecular formula is C20H29N3O2. The largest absolute Gasteiger partial charge is 0.344 e. The molecule has 5 nitrogen and oxygen atoms in total. The summed E-state index contributed by atoms with van der Waals surface area (Å²) in [5, 5.41) is 12.1. The second-order valence-electron chi connectivity index (χ2n) is 6.21. The van der Waals surface area contributed by atoms with Crippen molar-refractivity contribution >= 4 is 11.8 Å². The van der Waals surface area contributed by atoms with Gasteiger partial charge in [0.1, 0.15) is 6.04 Å². The van der Waals surface area contributed by atoms with Crippen molar-refractivity contribution < 1.29 is 9.59 Å². The number of benzene rings is 1. The third-order valence-electron chi connectivity index (χ3n) is 4.25. The Labute approximate surface area is 151 Å². The Bertz CT molecular complexity index is 574. The van der Waals surface area contributed by atoms with E-state index >= 15 is 0 Å². The Balaban J connectivity index is 2.95.